The summed E-state index contributed by atoms with van der Waals surface area (Å²) in [5.74, 6) is -2.21. The molecule has 0 heterocycles. The van der Waals surface area contributed by atoms with Crippen molar-refractivity contribution in [1.82, 2.24) is 0 Å². The number of benzene rings is 1. The molecule has 0 atom stereocenters. The number of hydrogen-bond acceptors (Lipinski definition) is 2. The molecule has 102 valence electrons. The van der Waals surface area contributed by atoms with Gasteiger partial charge in [0.1, 0.15) is 5.76 Å². The van der Waals surface area contributed by atoms with E-state index in [9.17, 15) is 8.78 Å². The third-order valence-electron chi connectivity index (χ3n) is 2.08. The number of hydrogen-bond donors (Lipinski definition) is 0. The molecule has 0 amide bonds. The summed E-state index contributed by atoms with van der Waals surface area (Å²) in [4.78, 5) is 0. The Morgan fingerprint density at radius 2 is 2.05 bits per heavy atom. The molecular formula is C14H13ClF2O2. The molecule has 1 rings (SSSR count). The van der Waals surface area contributed by atoms with Crippen molar-refractivity contribution in [3.8, 4) is 11.5 Å². The van der Waals surface area contributed by atoms with Crippen molar-refractivity contribution in [1.29, 1.82) is 0 Å². The van der Waals surface area contributed by atoms with Gasteiger partial charge >= 0.3 is 0 Å². The predicted molar refractivity (Wildman–Crippen MR) is 71.4 cm³/mol. The van der Waals surface area contributed by atoms with Crippen molar-refractivity contribution in [2.75, 3.05) is 7.11 Å². The maximum atomic E-state index is 13.7. The van der Waals surface area contributed by atoms with Gasteiger partial charge < -0.3 is 9.47 Å². The summed E-state index contributed by atoms with van der Waals surface area (Å²) in [6, 6.07) is 2.23. The van der Waals surface area contributed by atoms with E-state index in [0.717, 1.165) is 6.07 Å². The van der Waals surface area contributed by atoms with Crippen molar-refractivity contribution in [3.05, 3.63) is 59.4 Å². The Labute approximate surface area is 115 Å². The van der Waals surface area contributed by atoms with Crippen LogP contribution in [0.1, 0.15) is 6.92 Å². The first-order valence-corrected chi connectivity index (χ1v) is 5.73. The Morgan fingerprint density at radius 1 is 1.37 bits per heavy atom. The van der Waals surface area contributed by atoms with Gasteiger partial charge in [-0.1, -0.05) is 24.3 Å². The summed E-state index contributed by atoms with van der Waals surface area (Å²) in [5.41, 5.74) is 0. The van der Waals surface area contributed by atoms with Crippen molar-refractivity contribution >= 4 is 11.6 Å². The van der Waals surface area contributed by atoms with Gasteiger partial charge in [-0.05, 0) is 31.2 Å². The lowest BCUT2D eigenvalue weighted by Gasteiger charge is -2.12. The number of methoxy groups -OCH3 is 1. The topological polar surface area (TPSA) is 18.5 Å². The highest BCUT2D eigenvalue weighted by Gasteiger charge is 2.17. The van der Waals surface area contributed by atoms with Crippen LogP contribution in [-0.4, -0.2) is 7.11 Å². The van der Waals surface area contributed by atoms with E-state index in [1.165, 1.54) is 31.4 Å². The number of ether oxygens (including phenoxy) is 2. The van der Waals surface area contributed by atoms with E-state index in [1.54, 1.807) is 6.92 Å². The van der Waals surface area contributed by atoms with Gasteiger partial charge in [0.2, 0.25) is 11.6 Å². The fourth-order valence-corrected chi connectivity index (χ4v) is 1.42. The number of rotatable bonds is 5. The van der Waals surface area contributed by atoms with Crippen LogP contribution in [0.2, 0.25) is 0 Å². The molecule has 0 spiro atoms. The second-order valence-corrected chi connectivity index (χ2v) is 4.13. The zero-order valence-corrected chi connectivity index (χ0v) is 11.3. The van der Waals surface area contributed by atoms with Crippen molar-refractivity contribution in [3.63, 3.8) is 0 Å². The summed E-state index contributed by atoms with van der Waals surface area (Å²) >= 11 is 5.73. The monoisotopic (exact) mass is 286 g/mol. The van der Waals surface area contributed by atoms with Crippen LogP contribution in [0, 0.1) is 11.6 Å². The molecule has 0 fully saturated rings. The standard InChI is InChI=1S/C14H13ClF2O2/c1-4-5-10(8-9(2)15)19-14-12(18-3)7-6-11(16)13(14)17/h4-8H,1H2,2-3H3/b9-8+,10-5+. The molecule has 1 aromatic rings. The van der Waals surface area contributed by atoms with E-state index < -0.39 is 11.6 Å². The summed E-state index contributed by atoms with van der Waals surface area (Å²) in [7, 11) is 1.33. The molecular weight excluding hydrogens is 274 g/mol. The van der Waals surface area contributed by atoms with Crippen molar-refractivity contribution < 1.29 is 18.3 Å². The molecule has 0 saturated carbocycles. The Hall–Kier alpha value is -1.81. The fourth-order valence-electron chi connectivity index (χ4n) is 1.31. The van der Waals surface area contributed by atoms with E-state index in [1.807, 2.05) is 0 Å². The number of halogens is 3. The highest BCUT2D eigenvalue weighted by atomic mass is 35.5. The smallest absolute Gasteiger partial charge is 0.207 e. The lowest BCUT2D eigenvalue weighted by Crippen LogP contribution is -2.00. The Balaban J connectivity index is 3.23. The highest BCUT2D eigenvalue weighted by Crippen LogP contribution is 2.33. The van der Waals surface area contributed by atoms with Gasteiger partial charge in [-0.2, -0.15) is 4.39 Å². The second kappa shape index (κ2) is 6.95. The second-order valence-electron chi connectivity index (χ2n) is 3.53. The van der Waals surface area contributed by atoms with Gasteiger partial charge in [-0.15, -0.1) is 0 Å². The van der Waals surface area contributed by atoms with Crippen LogP contribution in [0.15, 0.2) is 47.7 Å². The molecule has 0 radical (unpaired) electrons. The first-order valence-electron chi connectivity index (χ1n) is 5.36. The van der Waals surface area contributed by atoms with Gasteiger partial charge in [-0.25, -0.2) is 4.39 Å². The maximum absolute atomic E-state index is 13.7. The normalized spacial score (nSPS) is 12.3. The van der Waals surface area contributed by atoms with E-state index in [4.69, 9.17) is 21.1 Å². The van der Waals surface area contributed by atoms with Gasteiger partial charge in [0.15, 0.2) is 11.6 Å². The molecule has 0 aliphatic heterocycles. The molecule has 0 aliphatic carbocycles. The average Bonchev–Trinajstić information content (AvgIpc) is 2.35. The van der Waals surface area contributed by atoms with Crippen LogP contribution in [0.25, 0.3) is 0 Å². The molecule has 19 heavy (non-hydrogen) atoms. The minimum absolute atomic E-state index is 0.0782. The summed E-state index contributed by atoms with van der Waals surface area (Å²) in [5, 5.41) is 0.420. The summed E-state index contributed by atoms with van der Waals surface area (Å²) in [6.45, 7) is 5.13. The predicted octanol–water partition coefficient (Wildman–Crippen LogP) is 4.56. The molecule has 5 heteroatoms. The Bertz CT molecular complexity index is 532. The van der Waals surface area contributed by atoms with Crippen molar-refractivity contribution in [2.45, 2.75) is 6.92 Å². The van der Waals surface area contributed by atoms with E-state index in [0.29, 0.717) is 5.03 Å². The molecule has 0 N–H and O–H groups in total. The van der Waals surface area contributed by atoms with Gasteiger partial charge in [0.25, 0.3) is 0 Å². The molecule has 2 nitrogen and oxygen atoms in total. The average molecular weight is 287 g/mol. The number of allylic oxidation sites excluding steroid dienone is 4. The van der Waals surface area contributed by atoms with Gasteiger partial charge in [0, 0.05) is 5.03 Å². The molecule has 0 bridgehead atoms. The first-order chi connectivity index (χ1) is 8.99. The summed E-state index contributed by atoms with van der Waals surface area (Å²) in [6.07, 6.45) is 4.36. The SMILES string of the molecule is C=C/C=C(\C=C(/C)Cl)Oc1c(OC)ccc(F)c1F. The quantitative estimate of drug-likeness (QED) is 0.583. The van der Waals surface area contributed by atoms with Crippen LogP contribution in [0.4, 0.5) is 8.78 Å². The lowest BCUT2D eigenvalue weighted by molar-refractivity contribution is 0.341. The van der Waals surface area contributed by atoms with Crippen LogP contribution < -0.4 is 9.47 Å². The largest absolute Gasteiger partial charge is 0.493 e. The molecule has 0 saturated heterocycles. The van der Waals surface area contributed by atoms with Crippen LogP contribution >= 0.6 is 11.6 Å². The minimum atomic E-state index is -1.13. The minimum Gasteiger partial charge on any atom is -0.493 e. The Kier molecular flexibility index (Phi) is 5.57. The zero-order chi connectivity index (χ0) is 14.4. The van der Waals surface area contributed by atoms with Gasteiger partial charge in [-0.3, -0.25) is 0 Å². The molecule has 1 aromatic carbocycles. The van der Waals surface area contributed by atoms with E-state index in [2.05, 4.69) is 6.58 Å². The zero-order valence-electron chi connectivity index (χ0n) is 10.5. The summed E-state index contributed by atoms with van der Waals surface area (Å²) < 4.78 is 37.1. The first kappa shape index (κ1) is 15.2. The van der Waals surface area contributed by atoms with Crippen LogP contribution in [0.5, 0.6) is 11.5 Å². The highest BCUT2D eigenvalue weighted by molar-refractivity contribution is 6.29. The fraction of sp³-hybridized carbons (Fsp3) is 0.143. The molecule has 0 aromatic heterocycles. The van der Waals surface area contributed by atoms with Crippen LogP contribution in [0.3, 0.4) is 0 Å². The third-order valence-corrected chi connectivity index (χ3v) is 2.19. The lowest BCUT2D eigenvalue weighted by atomic mass is 10.3. The van der Waals surface area contributed by atoms with E-state index >= 15 is 0 Å². The van der Waals surface area contributed by atoms with Crippen molar-refractivity contribution in [2.24, 2.45) is 0 Å². The third kappa shape index (κ3) is 4.10. The van der Waals surface area contributed by atoms with Crippen LogP contribution in [-0.2, 0) is 0 Å². The maximum Gasteiger partial charge on any atom is 0.207 e. The Morgan fingerprint density at radius 3 is 2.58 bits per heavy atom. The van der Waals surface area contributed by atoms with E-state index in [-0.39, 0.29) is 17.3 Å². The molecule has 0 unspecified atom stereocenters. The van der Waals surface area contributed by atoms with Gasteiger partial charge in [0.05, 0.1) is 7.11 Å². The molecule has 0 aliphatic rings.